The molecule has 0 fully saturated rings. The molecule has 0 heterocycles. The minimum absolute atomic E-state index is 1.17. The molecule has 32 heavy (non-hydrogen) atoms. The van der Waals surface area contributed by atoms with Crippen molar-refractivity contribution in [1.82, 2.24) is 0 Å². The summed E-state index contributed by atoms with van der Waals surface area (Å²) in [4.78, 5) is 0. The fourth-order valence-corrected chi connectivity index (χ4v) is 4.45. The van der Waals surface area contributed by atoms with Crippen molar-refractivity contribution in [1.29, 1.82) is 0 Å². The van der Waals surface area contributed by atoms with E-state index in [0.717, 1.165) is 0 Å². The summed E-state index contributed by atoms with van der Waals surface area (Å²) in [6.45, 7) is 16.2. The van der Waals surface area contributed by atoms with Gasteiger partial charge in [-0.15, -0.1) is 13.2 Å². The Balaban J connectivity index is 3.26. The topological polar surface area (TPSA) is 0 Å². The molecule has 0 aromatic carbocycles. The number of rotatable bonds is 27. The van der Waals surface area contributed by atoms with Crippen LogP contribution in [0.3, 0.4) is 0 Å². The van der Waals surface area contributed by atoms with E-state index in [-0.39, 0.29) is 0 Å². The van der Waals surface area contributed by atoms with Gasteiger partial charge in [-0.2, -0.15) is 0 Å². The normalized spacial score (nSPS) is 10.9. The van der Waals surface area contributed by atoms with Crippen molar-refractivity contribution in [2.24, 2.45) is 0 Å². The van der Waals surface area contributed by atoms with E-state index in [0.29, 0.717) is 0 Å². The van der Waals surface area contributed by atoms with E-state index in [2.05, 4.69) is 26.3 Å². The molecule has 0 spiro atoms. The van der Waals surface area contributed by atoms with Crippen LogP contribution in [-0.2, 0) is 0 Å². The summed E-state index contributed by atoms with van der Waals surface area (Å²) in [7, 11) is 0. The van der Waals surface area contributed by atoms with Crippen LogP contribution in [0.1, 0.15) is 154 Å². The van der Waals surface area contributed by atoms with Gasteiger partial charge in [0.05, 0.1) is 0 Å². The van der Waals surface area contributed by atoms with E-state index in [1.165, 1.54) is 165 Å². The van der Waals surface area contributed by atoms with Gasteiger partial charge in [0.1, 0.15) is 0 Å². The quantitative estimate of drug-likeness (QED) is 0.0876. The number of allylic oxidation sites excluding steroid dienone is 4. The van der Waals surface area contributed by atoms with Gasteiger partial charge in [-0.3, -0.25) is 0 Å². The van der Waals surface area contributed by atoms with Crippen molar-refractivity contribution in [3.05, 3.63) is 49.6 Å². The molecule has 186 valence electrons. The van der Waals surface area contributed by atoms with E-state index >= 15 is 0 Å². The second-order valence-electron chi connectivity index (χ2n) is 10.0. The average molecular weight is 443 g/mol. The average Bonchev–Trinajstić information content (AvgIpc) is 2.79. The van der Waals surface area contributed by atoms with Crippen molar-refractivity contribution in [3.8, 4) is 0 Å². The fraction of sp³-hybridized carbons (Fsp3) is 0.750. The molecule has 0 saturated heterocycles. The van der Waals surface area contributed by atoms with E-state index in [9.17, 15) is 0 Å². The molecule has 0 nitrogen and oxygen atoms in total. The highest BCUT2D eigenvalue weighted by Gasteiger charge is 1.99. The molecule has 0 aliphatic rings. The lowest BCUT2D eigenvalue weighted by Crippen LogP contribution is -1.87. The Morgan fingerprint density at radius 2 is 0.562 bits per heavy atom. The first-order valence-corrected chi connectivity index (χ1v) is 14.3. The molecule has 0 aromatic heterocycles. The molecule has 0 radical (unpaired) electrons. The van der Waals surface area contributed by atoms with Crippen LogP contribution < -0.4 is 0 Å². The highest BCUT2D eigenvalue weighted by atomic mass is 14.1. The molecule has 0 amide bonds. The summed E-state index contributed by atoms with van der Waals surface area (Å²) in [5.74, 6) is 0. The Bertz CT molecular complexity index is 441. The highest BCUT2D eigenvalue weighted by molar-refractivity contribution is 4.94. The van der Waals surface area contributed by atoms with Gasteiger partial charge in [0.25, 0.3) is 0 Å². The number of hydrogen-bond donors (Lipinski definition) is 0. The van der Waals surface area contributed by atoms with Crippen LogP contribution in [0.4, 0.5) is 0 Å². The van der Waals surface area contributed by atoms with E-state index in [1.54, 1.807) is 0 Å². The second kappa shape index (κ2) is 26.2. The molecule has 0 aromatic rings. The maximum atomic E-state index is 4.32. The molecule has 0 unspecified atom stereocenters. The van der Waals surface area contributed by atoms with Crippen LogP contribution >= 0.6 is 0 Å². The molecular formula is C32H58. The lowest BCUT2D eigenvalue weighted by Gasteiger charge is -2.07. The smallest absolute Gasteiger partial charge is 0.0323 e. The summed E-state index contributed by atoms with van der Waals surface area (Å²) in [5, 5.41) is 0. The number of unbranched alkanes of at least 4 members (excludes halogenated alkanes) is 17. The van der Waals surface area contributed by atoms with E-state index < -0.39 is 0 Å². The Morgan fingerprint density at radius 3 is 0.812 bits per heavy atom. The molecule has 0 N–H and O–H groups in total. The molecule has 0 aliphatic heterocycles. The molecule has 0 saturated carbocycles. The predicted octanol–water partition coefficient (Wildman–Crippen LogP) is 11.8. The minimum Gasteiger partial charge on any atom is -0.103 e. The summed E-state index contributed by atoms with van der Waals surface area (Å²) >= 11 is 0. The molecule has 0 aliphatic carbocycles. The first-order valence-electron chi connectivity index (χ1n) is 14.3. The standard InChI is InChI=1S/C32H58/c1-5-7-9-11-13-14-15-16-20-24-28-32(4)30-26-22-18-17-21-25-29-31(3)27-23-19-12-10-8-6-2/h5-6H,1-4,7-30H2. The van der Waals surface area contributed by atoms with Crippen molar-refractivity contribution >= 4 is 0 Å². The maximum Gasteiger partial charge on any atom is -0.0323 e. The largest absolute Gasteiger partial charge is 0.103 e. The monoisotopic (exact) mass is 442 g/mol. The van der Waals surface area contributed by atoms with Crippen molar-refractivity contribution < 1.29 is 0 Å². The Hall–Kier alpha value is -1.04. The van der Waals surface area contributed by atoms with E-state index in [4.69, 9.17) is 0 Å². The van der Waals surface area contributed by atoms with Gasteiger partial charge in [-0.25, -0.2) is 0 Å². The molecule has 0 rings (SSSR count). The summed E-state index contributed by atoms with van der Waals surface area (Å²) in [5.41, 5.74) is 2.98. The van der Waals surface area contributed by atoms with Crippen LogP contribution in [0.25, 0.3) is 0 Å². The SMILES string of the molecule is C=CCCCCCCCCCCC(=C)CCCCCCCCC(=C)CCCCCCC=C. The van der Waals surface area contributed by atoms with Gasteiger partial charge in [-0.05, 0) is 77.0 Å². The molecule has 0 bridgehead atoms. The summed E-state index contributed by atoms with van der Waals surface area (Å²) in [6, 6.07) is 0. The molecule has 0 heteroatoms. The zero-order valence-electron chi connectivity index (χ0n) is 22.0. The Kier molecular flexibility index (Phi) is 25.4. The van der Waals surface area contributed by atoms with Gasteiger partial charge in [0.2, 0.25) is 0 Å². The fourth-order valence-electron chi connectivity index (χ4n) is 4.45. The zero-order valence-corrected chi connectivity index (χ0v) is 22.0. The Labute approximate surface area is 203 Å². The minimum atomic E-state index is 1.17. The van der Waals surface area contributed by atoms with Gasteiger partial charge >= 0.3 is 0 Å². The summed E-state index contributed by atoms with van der Waals surface area (Å²) in [6.07, 6.45) is 36.2. The van der Waals surface area contributed by atoms with Crippen LogP contribution in [0.2, 0.25) is 0 Å². The first-order chi connectivity index (χ1) is 15.7. The summed E-state index contributed by atoms with van der Waals surface area (Å²) < 4.78 is 0. The van der Waals surface area contributed by atoms with Gasteiger partial charge in [-0.1, -0.05) is 114 Å². The first kappa shape index (κ1) is 31.0. The maximum absolute atomic E-state index is 4.32. The van der Waals surface area contributed by atoms with Gasteiger partial charge in [0.15, 0.2) is 0 Å². The lowest BCUT2D eigenvalue weighted by molar-refractivity contribution is 0.560. The zero-order chi connectivity index (χ0) is 23.5. The van der Waals surface area contributed by atoms with Gasteiger partial charge in [0, 0.05) is 0 Å². The highest BCUT2D eigenvalue weighted by Crippen LogP contribution is 2.19. The van der Waals surface area contributed by atoms with Crippen molar-refractivity contribution in [2.75, 3.05) is 0 Å². The predicted molar refractivity (Wildman–Crippen MR) is 149 cm³/mol. The van der Waals surface area contributed by atoms with Crippen LogP contribution in [-0.4, -0.2) is 0 Å². The Morgan fingerprint density at radius 1 is 0.344 bits per heavy atom. The molecule has 0 atom stereocenters. The van der Waals surface area contributed by atoms with E-state index in [1.807, 2.05) is 12.2 Å². The number of hydrogen-bond acceptors (Lipinski definition) is 0. The van der Waals surface area contributed by atoms with Crippen LogP contribution in [0.15, 0.2) is 49.6 Å². The second-order valence-corrected chi connectivity index (χ2v) is 10.0. The third kappa shape index (κ3) is 25.2. The molecular weight excluding hydrogens is 384 g/mol. The van der Waals surface area contributed by atoms with Crippen molar-refractivity contribution in [2.45, 2.75) is 154 Å². The van der Waals surface area contributed by atoms with Crippen LogP contribution in [0.5, 0.6) is 0 Å². The lowest BCUT2D eigenvalue weighted by atomic mass is 9.99. The van der Waals surface area contributed by atoms with Crippen molar-refractivity contribution in [3.63, 3.8) is 0 Å². The third-order valence-corrected chi connectivity index (χ3v) is 6.69. The van der Waals surface area contributed by atoms with Crippen LogP contribution in [0, 0.1) is 0 Å². The van der Waals surface area contributed by atoms with Gasteiger partial charge < -0.3 is 0 Å². The third-order valence-electron chi connectivity index (χ3n) is 6.69.